The summed E-state index contributed by atoms with van der Waals surface area (Å²) in [4.78, 5) is 13.2. The van der Waals surface area contributed by atoms with Gasteiger partial charge < -0.3 is 15.0 Å². The van der Waals surface area contributed by atoms with Crippen molar-refractivity contribution in [1.29, 1.82) is 5.26 Å². The van der Waals surface area contributed by atoms with E-state index in [0.29, 0.717) is 12.5 Å². The number of carbonyl (C=O) groups is 1. The van der Waals surface area contributed by atoms with E-state index in [1.807, 2.05) is 38.2 Å². The molecule has 2 N–H and O–H groups in total. The molecule has 22 heavy (non-hydrogen) atoms. The molecule has 0 spiro atoms. The zero-order valence-corrected chi connectivity index (χ0v) is 13.5. The average molecular weight is 302 g/mol. The van der Waals surface area contributed by atoms with Crippen LogP contribution in [0, 0.1) is 17.2 Å². The highest BCUT2D eigenvalue weighted by Crippen LogP contribution is 2.39. The van der Waals surface area contributed by atoms with Crippen LogP contribution in [0.2, 0.25) is 0 Å². The molecule has 0 radical (unpaired) electrons. The van der Waals surface area contributed by atoms with Crippen molar-refractivity contribution in [1.82, 2.24) is 5.32 Å². The van der Waals surface area contributed by atoms with E-state index in [2.05, 4.69) is 11.4 Å². The molecule has 5 heteroatoms. The van der Waals surface area contributed by atoms with Crippen molar-refractivity contribution < 1.29 is 14.4 Å². The summed E-state index contributed by atoms with van der Waals surface area (Å²) in [6, 6.07) is 10.1. The monoisotopic (exact) mass is 302 g/mol. The normalized spacial score (nSPS) is 17.9. The van der Waals surface area contributed by atoms with Gasteiger partial charge in [-0.15, -0.1) is 0 Å². The van der Waals surface area contributed by atoms with Gasteiger partial charge in [0.25, 0.3) is 5.91 Å². The van der Waals surface area contributed by atoms with E-state index in [0.717, 1.165) is 35.6 Å². The van der Waals surface area contributed by atoms with Gasteiger partial charge in [0.15, 0.2) is 6.54 Å². The number of nitrogens with one attached hydrogen (secondary N) is 2. The van der Waals surface area contributed by atoms with Crippen molar-refractivity contribution in [2.75, 3.05) is 20.7 Å². The molecule has 2 rings (SSSR count). The molecule has 0 saturated heterocycles. The molecule has 0 bridgehead atoms. The Morgan fingerprint density at radius 1 is 1.55 bits per heavy atom. The molecule has 1 fully saturated rings. The van der Waals surface area contributed by atoms with Crippen LogP contribution in [0.25, 0.3) is 0 Å². The zero-order valence-electron chi connectivity index (χ0n) is 13.5. The van der Waals surface area contributed by atoms with E-state index in [4.69, 9.17) is 4.74 Å². The van der Waals surface area contributed by atoms with Gasteiger partial charge in [0.05, 0.1) is 20.2 Å². The van der Waals surface area contributed by atoms with Crippen LogP contribution in [0.1, 0.15) is 25.3 Å². The molecule has 0 aliphatic heterocycles. The number of methoxy groups -OCH3 is 1. The summed E-state index contributed by atoms with van der Waals surface area (Å²) < 4.78 is 5.21. The third-order valence-corrected chi connectivity index (χ3v) is 4.13. The quantitative estimate of drug-likeness (QED) is 0.771. The average Bonchev–Trinajstić information content (AvgIpc) is 3.32. The topological polar surface area (TPSA) is 66.6 Å². The highest BCUT2D eigenvalue weighted by atomic mass is 16.5. The number of quaternary nitrogens is 1. The number of amides is 1. The van der Waals surface area contributed by atoms with Crippen molar-refractivity contribution in [3.05, 3.63) is 29.8 Å². The predicted octanol–water partition coefficient (Wildman–Crippen LogP) is 0.518. The molecule has 1 saturated carbocycles. The fourth-order valence-corrected chi connectivity index (χ4v) is 2.68. The molecule has 2 atom stereocenters. The summed E-state index contributed by atoms with van der Waals surface area (Å²) in [6.45, 7) is 2.90. The largest absolute Gasteiger partial charge is 0.497 e. The molecule has 1 aliphatic rings. The summed E-state index contributed by atoms with van der Waals surface area (Å²) in [7, 11) is 3.61. The Kier molecular flexibility index (Phi) is 5.04. The molecule has 5 nitrogen and oxygen atoms in total. The van der Waals surface area contributed by atoms with E-state index < -0.39 is 5.54 Å². The number of ether oxygens (including phenoxy) is 1. The zero-order chi connectivity index (χ0) is 16.2. The Hall–Kier alpha value is -2.06. The Balaban J connectivity index is 1.87. The number of carbonyl (C=O) groups excluding carboxylic acids is 1. The van der Waals surface area contributed by atoms with E-state index in [1.54, 1.807) is 7.11 Å². The molecule has 1 amide bonds. The summed E-state index contributed by atoms with van der Waals surface area (Å²) in [6.07, 6.45) is 2.05. The molecular weight excluding hydrogens is 278 g/mol. The number of rotatable bonds is 7. The second-order valence-corrected chi connectivity index (χ2v) is 6.30. The first-order valence-corrected chi connectivity index (χ1v) is 7.63. The Labute approximate surface area is 131 Å². The van der Waals surface area contributed by atoms with E-state index in [9.17, 15) is 10.1 Å². The van der Waals surface area contributed by atoms with E-state index in [1.165, 1.54) is 0 Å². The Morgan fingerprint density at radius 2 is 2.27 bits per heavy atom. The van der Waals surface area contributed by atoms with Crippen LogP contribution < -0.4 is 15.0 Å². The maximum Gasteiger partial charge on any atom is 0.276 e. The summed E-state index contributed by atoms with van der Waals surface area (Å²) in [5.74, 6) is 1.05. The van der Waals surface area contributed by atoms with Gasteiger partial charge in [-0.05, 0) is 37.8 Å². The fraction of sp³-hybridized carbons (Fsp3) is 0.529. The van der Waals surface area contributed by atoms with Crippen molar-refractivity contribution >= 4 is 5.91 Å². The van der Waals surface area contributed by atoms with Crippen LogP contribution in [-0.2, 0) is 11.3 Å². The first kappa shape index (κ1) is 16.3. The van der Waals surface area contributed by atoms with Crippen LogP contribution in [0.15, 0.2) is 24.3 Å². The lowest BCUT2D eigenvalue weighted by Gasteiger charge is -2.23. The molecule has 118 valence electrons. The number of likely N-dealkylation sites (N-methyl/N-ethyl adjacent to an activating group) is 1. The van der Waals surface area contributed by atoms with Gasteiger partial charge in [0.2, 0.25) is 0 Å². The first-order valence-electron chi connectivity index (χ1n) is 7.63. The lowest BCUT2D eigenvalue weighted by molar-refractivity contribution is -0.885. The lowest BCUT2D eigenvalue weighted by Crippen LogP contribution is -3.09. The highest BCUT2D eigenvalue weighted by Gasteiger charge is 2.43. The van der Waals surface area contributed by atoms with Gasteiger partial charge in [-0.1, -0.05) is 12.1 Å². The molecule has 0 heterocycles. The van der Waals surface area contributed by atoms with Gasteiger partial charge in [-0.3, -0.25) is 4.79 Å². The summed E-state index contributed by atoms with van der Waals surface area (Å²) in [5.41, 5.74) is 0.405. The number of nitriles is 1. The first-order chi connectivity index (χ1) is 10.5. The van der Waals surface area contributed by atoms with Gasteiger partial charge in [-0.25, -0.2) is 0 Å². The lowest BCUT2D eigenvalue weighted by atomic mass is 9.98. The fourth-order valence-electron chi connectivity index (χ4n) is 2.68. The molecule has 1 aromatic carbocycles. The highest BCUT2D eigenvalue weighted by molar-refractivity contribution is 5.78. The minimum Gasteiger partial charge on any atom is -0.497 e. The second-order valence-electron chi connectivity index (χ2n) is 6.30. The van der Waals surface area contributed by atoms with Gasteiger partial charge in [0.1, 0.15) is 17.8 Å². The van der Waals surface area contributed by atoms with Gasteiger partial charge >= 0.3 is 0 Å². The summed E-state index contributed by atoms with van der Waals surface area (Å²) >= 11 is 0. The van der Waals surface area contributed by atoms with Crippen LogP contribution >= 0.6 is 0 Å². The molecular formula is C17H24N3O2+. The second kappa shape index (κ2) is 6.80. The number of nitrogens with zero attached hydrogens (tertiary/aromatic N) is 1. The standard InChI is InChI=1S/C17H23N3O2/c1-17(12-18,14-7-8-14)19-16(21)11-20(2)10-13-5-4-6-15(9-13)22-3/h4-6,9,14H,7-8,10-11H2,1-3H3,(H,19,21)/p+1/t17-/m1/s1. The third kappa shape index (κ3) is 4.22. The van der Waals surface area contributed by atoms with Crippen LogP contribution in [0.3, 0.4) is 0 Å². The Bertz CT molecular complexity index is 578. The van der Waals surface area contributed by atoms with Gasteiger partial charge in [0, 0.05) is 5.56 Å². The SMILES string of the molecule is COc1cccc(C[NH+](C)CC(=O)N[C@](C)(C#N)C2CC2)c1. The number of hydrogen-bond acceptors (Lipinski definition) is 3. The van der Waals surface area contributed by atoms with Crippen molar-refractivity contribution in [3.8, 4) is 11.8 Å². The third-order valence-electron chi connectivity index (χ3n) is 4.13. The minimum atomic E-state index is -0.715. The van der Waals surface area contributed by atoms with E-state index in [-0.39, 0.29) is 5.91 Å². The predicted molar refractivity (Wildman–Crippen MR) is 83.3 cm³/mol. The van der Waals surface area contributed by atoms with Crippen molar-refractivity contribution in [3.63, 3.8) is 0 Å². The van der Waals surface area contributed by atoms with Crippen LogP contribution in [-0.4, -0.2) is 32.1 Å². The van der Waals surface area contributed by atoms with Crippen LogP contribution in [0.5, 0.6) is 5.75 Å². The molecule has 1 unspecified atom stereocenters. The smallest absolute Gasteiger partial charge is 0.276 e. The minimum absolute atomic E-state index is 0.0728. The Morgan fingerprint density at radius 3 is 2.86 bits per heavy atom. The van der Waals surface area contributed by atoms with Crippen LogP contribution in [0.4, 0.5) is 0 Å². The maximum absolute atomic E-state index is 12.2. The number of hydrogen-bond donors (Lipinski definition) is 2. The molecule has 1 aliphatic carbocycles. The molecule has 0 aromatic heterocycles. The molecule has 1 aromatic rings. The van der Waals surface area contributed by atoms with Gasteiger partial charge in [-0.2, -0.15) is 5.26 Å². The van der Waals surface area contributed by atoms with Crippen molar-refractivity contribution in [2.45, 2.75) is 31.8 Å². The van der Waals surface area contributed by atoms with Crippen molar-refractivity contribution in [2.24, 2.45) is 5.92 Å². The summed E-state index contributed by atoms with van der Waals surface area (Å²) in [5, 5.41) is 12.2. The maximum atomic E-state index is 12.2. The van der Waals surface area contributed by atoms with E-state index >= 15 is 0 Å². The number of benzene rings is 1.